The summed E-state index contributed by atoms with van der Waals surface area (Å²) in [5.41, 5.74) is 0.843. The molecule has 0 saturated carbocycles. The molecular formula is C17H26N2O2S. The Kier molecular flexibility index (Phi) is 6.29. The largest absolute Gasteiger partial charge is 0.393 e. The molecule has 0 radical (unpaired) electrons. The maximum absolute atomic E-state index is 12.5. The van der Waals surface area contributed by atoms with Crippen LogP contribution in [0.2, 0.25) is 0 Å². The molecule has 1 fully saturated rings. The van der Waals surface area contributed by atoms with Gasteiger partial charge >= 0.3 is 0 Å². The van der Waals surface area contributed by atoms with Crippen LogP contribution in [0.4, 0.5) is 5.69 Å². The van der Waals surface area contributed by atoms with Crippen molar-refractivity contribution in [1.82, 2.24) is 4.90 Å². The molecule has 5 heteroatoms. The fourth-order valence-corrected chi connectivity index (χ4v) is 3.57. The van der Waals surface area contributed by atoms with Gasteiger partial charge in [-0.25, -0.2) is 0 Å². The van der Waals surface area contributed by atoms with E-state index >= 15 is 0 Å². The van der Waals surface area contributed by atoms with Crippen molar-refractivity contribution in [2.24, 2.45) is 0 Å². The minimum absolute atomic E-state index is 0.0238. The normalized spacial score (nSPS) is 21.5. The van der Waals surface area contributed by atoms with Crippen LogP contribution in [0.15, 0.2) is 29.2 Å². The number of anilines is 1. The maximum Gasteiger partial charge on any atom is 0.241 e. The number of nitrogens with one attached hydrogen (secondary N) is 1. The van der Waals surface area contributed by atoms with E-state index < -0.39 is 0 Å². The number of carbonyl (C=O) groups excluding carboxylic acids is 1. The second-order valence-electron chi connectivity index (χ2n) is 6.02. The van der Waals surface area contributed by atoms with Crippen molar-refractivity contribution < 1.29 is 9.90 Å². The number of aliphatic hydroxyl groups excluding tert-OH is 1. The highest BCUT2D eigenvalue weighted by atomic mass is 32.2. The Morgan fingerprint density at radius 2 is 2.27 bits per heavy atom. The minimum atomic E-state index is -0.320. The van der Waals surface area contributed by atoms with Gasteiger partial charge in [0.25, 0.3) is 0 Å². The van der Waals surface area contributed by atoms with Gasteiger partial charge < -0.3 is 10.4 Å². The smallest absolute Gasteiger partial charge is 0.241 e. The molecule has 1 heterocycles. The van der Waals surface area contributed by atoms with Crippen LogP contribution in [0.3, 0.4) is 0 Å². The summed E-state index contributed by atoms with van der Waals surface area (Å²) in [5.74, 6) is 0.0238. The van der Waals surface area contributed by atoms with Gasteiger partial charge in [-0.2, -0.15) is 0 Å². The third-order valence-electron chi connectivity index (χ3n) is 4.25. The zero-order valence-corrected chi connectivity index (χ0v) is 14.4. The van der Waals surface area contributed by atoms with Crippen molar-refractivity contribution in [2.75, 3.05) is 18.1 Å². The van der Waals surface area contributed by atoms with E-state index in [-0.39, 0.29) is 18.1 Å². The quantitative estimate of drug-likeness (QED) is 0.791. The number of nitrogens with zero attached hydrogens (tertiary/aromatic N) is 1. The number of rotatable bonds is 6. The SMILES string of the molecule is CSc1cccc(NC(=O)C(C)N2CCCC2CC(C)O)c1. The lowest BCUT2D eigenvalue weighted by Gasteiger charge is -2.30. The molecule has 0 aromatic heterocycles. The third-order valence-corrected chi connectivity index (χ3v) is 4.98. The van der Waals surface area contributed by atoms with Gasteiger partial charge in [0.1, 0.15) is 0 Å². The van der Waals surface area contributed by atoms with Crippen LogP contribution in [0.5, 0.6) is 0 Å². The molecule has 0 aliphatic carbocycles. The molecule has 2 rings (SSSR count). The first kappa shape index (κ1) is 17.3. The summed E-state index contributed by atoms with van der Waals surface area (Å²) in [6.45, 7) is 4.69. The predicted molar refractivity (Wildman–Crippen MR) is 92.3 cm³/mol. The first-order chi connectivity index (χ1) is 10.5. The van der Waals surface area contributed by atoms with Crippen molar-refractivity contribution in [3.8, 4) is 0 Å². The average molecular weight is 322 g/mol. The van der Waals surface area contributed by atoms with Gasteiger partial charge in [-0.05, 0) is 64.1 Å². The monoisotopic (exact) mass is 322 g/mol. The maximum atomic E-state index is 12.5. The number of aliphatic hydroxyl groups is 1. The lowest BCUT2D eigenvalue weighted by Crippen LogP contribution is -2.45. The molecule has 3 unspecified atom stereocenters. The molecule has 0 spiro atoms. The Morgan fingerprint density at radius 3 is 2.95 bits per heavy atom. The Labute approximate surface area is 137 Å². The zero-order chi connectivity index (χ0) is 16.1. The Hall–Kier alpha value is -1.04. The molecule has 22 heavy (non-hydrogen) atoms. The second-order valence-corrected chi connectivity index (χ2v) is 6.90. The van der Waals surface area contributed by atoms with Crippen molar-refractivity contribution in [3.05, 3.63) is 24.3 Å². The van der Waals surface area contributed by atoms with Gasteiger partial charge in [0.15, 0.2) is 0 Å². The molecule has 1 aliphatic heterocycles. The fourth-order valence-electron chi connectivity index (χ4n) is 3.11. The topological polar surface area (TPSA) is 52.6 Å². The number of hydrogen-bond acceptors (Lipinski definition) is 4. The van der Waals surface area contributed by atoms with Crippen LogP contribution in [0, 0.1) is 0 Å². The standard InChI is InChI=1S/C17H26N2O2S/c1-12(20)10-15-7-5-9-19(15)13(2)17(21)18-14-6-4-8-16(11-14)22-3/h4,6,8,11-13,15,20H,5,7,9-10H2,1-3H3,(H,18,21). The van der Waals surface area contributed by atoms with E-state index in [2.05, 4.69) is 10.2 Å². The summed E-state index contributed by atoms with van der Waals surface area (Å²) >= 11 is 1.66. The highest BCUT2D eigenvalue weighted by Gasteiger charge is 2.32. The summed E-state index contributed by atoms with van der Waals surface area (Å²) in [4.78, 5) is 15.9. The number of amides is 1. The van der Waals surface area contributed by atoms with E-state index in [1.807, 2.05) is 44.4 Å². The van der Waals surface area contributed by atoms with E-state index in [0.717, 1.165) is 36.4 Å². The van der Waals surface area contributed by atoms with E-state index in [1.54, 1.807) is 11.8 Å². The average Bonchev–Trinajstić information content (AvgIpc) is 2.93. The minimum Gasteiger partial charge on any atom is -0.393 e. The number of thioether (sulfide) groups is 1. The van der Waals surface area contributed by atoms with E-state index in [0.29, 0.717) is 6.04 Å². The van der Waals surface area contributed by atoms with Crippen LogP contribution in [0.1, 0.15) is 33.1 Å². The lowest BCUT2D eigenvalue weighted by molar-refractivity contribution is -0.121. The molecule has 1 aromatic carbocycles. The molecule has 1 amide bonds. The molecular weight excluding hydrogens is 296 g/mol. The number of carbonyl (C=O) groups is 1. The Morgan fingerprint density at radius 1 is 1.50 bits per heavy atom. The molecule has 3 atom stereocenters. The van der Waals surface area contributed by atoms with Crippen LogP contribution >= 0.6 is 11.8 Å². The molecule has 1 aliphatic rings. The van der Waals surface area contributed by atoms with Crippen molar-refractivity contribution in [2.45, 2.75) is 56.2 Å². The molecule has 122 valence electrons. The summed E-state index contributed by atoms with van der Waals surface area (Å²) in [6, 6.07) is 8.03. The molecule has 1 aromatic rings. The van der Waals surface area contributed by atoms with E-state index in [9.17, 15) is 9.90 Å². The van der Waals surface area contributed by atoms with Crippen LogP contribution in [0.25, 0.3) is 0 Å². The van der Waals surface area contributed by atoms with Gasteiger partial charge in [-0.15, -0.1) is 11.8 Å². The summed E-state index contributed by atoms with van der Waals surface area (Å²) < 4.78 is 0. The molecule has 0 bridgehead atoms. The van der Waals surface area contributed by atoms with Crippen molar-refractivity contribution in [3.63, 3.8) is 0 Å². The first-order valence-corrected chi connectivity index (χ1v) is 9.12. The van der Waals surface area contributed by atoms with E-state index in [4.69, 9.17) is 0 Å². The number of hydrogen-bond donors (Lipinski definition) is 2. The van der Waals surface area contributed by atoms with E-state index in [1.165, 1.54) is 0 Å². The van der Waals surface area contributed by atoms with Gasteiger partial charge in [0.2, 0.25) is 5.91 Å². The zero-order valence-electron chi connectivity index (χ0n) is 13.6. The Balaban J connectivity index is 1.99. The van der Waals surface area contributed by atoms with Crippen molar-refractivity contribution >= 4 is 23.4 Å². The van der Waals surface area contributed by atoms with Crippen LogP contribution in [-0.4, -0.2) is 46.9 Å². The second kappa shape index (κ2) is 7.99. The van der Waals surface area contributed by atoms with Gasteiger partial charge in [-0.1, -0.05) is 6.07 Å². The van der Waals surface area contributed by atoms with Gasteiger partial charge in [0.05, 0.1) is 12.1 Å². The number of likely N-dealkylation sites (tertiary alicyclic amines) is 1. The van der Waals surface area contributed by atoms with Gasteiger partial charge in [0, 0.05) is 16.6 Å². The molecule has 4 nitrogen and oxygen atoms in total. The van der Waals surface area contributed by atoms with Crippen molar-refractivity contribution in [1.29, 1.82) is 0 Å². The number of benzene rings is 1. The highest BCUT2D eigenvalue weighted by Crippen LogP contribution is 2.25. The molecule has 1 saturated heterocycles. The third kappa shape index (κ3) is 4.48. The lowest BCUT2D eigenvalue weighted by atomic mass is 10.1. The fraction of sp³-hybridized carbons (Fsp3) is 0.588. The van der Waals surface area contributed by atoms with Crippen LogP contribution < -0.4 is 5.32 Å². The first-order valence-electron chi connectivity index (χ1n) is 7.90. The highest BCUT2D eigenvalue weighted by molar-refractivity contribution is 7.98. The predicted octanol–water partition coefficient (Wildman–Crippen LogP) is 2.97. The summed E-state index contributed by atoms with van der Waals surface area (Å²) in [6.07, 6.45) is 4.59. The molecule has 2 N–H and O–H groups in total. The van der Waals surface area contributed by atoms with Gasteiger partial charge in [-0.3, -0.25) is 9.69 Å². The summed E-state index contributed by atoms with van der Waals surface area (Å²) in [5, 5.41) is 12.6. The van der Waals surface area contributed by atoms with Crippen LogP contribution in [-0.2, 0) is 4.79 Å². The summed E-state index contributed by atoms with van der Waals surface area (Å²) in [7, 11) is 0. The Bertz CT molecular complexity index is 507.